The summed E-state index contributed by atoms with van der Waals surface area (Å²) in [6.07, 6.45) is 15.2. The molecule has 7 unspecified atom stereocenters. The second-order valence-corrected chi connectivity index (χ2v) is 11.8. The van der Waals surface area contributed by atoms with Crippen molar-refractivity contribution in [2.45, 2.75) is 90.3 Å². The minimum absolute atomic E-state index is 0.0649. The average molecular weight is 432 g/mol. The highest BCUT2D eigenvalue weighted by atomic mass is 16.5. The van der Waals surface area contributed by atoms with E-state index in [1.54, 1.807) is 5.57 Å². The molecule has 1 aliphatic heterocycles. The van der Waals surface area contributed by atoms with Crippen LogP contribution in [0.15, 0.2) is 11.6 Å². The van der Waals surface area contributed by atoms with Crippen molar-refractivity contribution >= 4 is 0 Å². The smallest absolute Gasteiger partial charge is 0.0760 e. The van der Waals surface area contributed by atoms with Crippen LogP contribution in [0.1, 0.15) is 78.1 Å². The molecule has 4 aliphatic carbocycles. The molecule has 4 fully saturated rings. The molecule has 0 aromatic rings. The van der Waals surface area contributed by atoms with Crippen molar-refractivity contribution in [3.8, 4) is 0 Å². The summed E-state index contributed by atoms with van der Waals surface area (Å²) in [5.74, 6) is 2.37. The molecule has 176 valence electrons. The number of hydrogen-bond donors (Lipinski definition) is 1. The van der Waals surface area contributed by atoms with Crippen molar-refractivity contribution < 1.29 is 14.6 Å². The number of aliphatic hydroxyl groups is 1. The van der Waals surface area contributed by atoms with E-state index in [1.165, 1.54) is 64.5 Å². The van der Waals surface area contributed by atoms with Crippen molar-refractivity contribution in [2.24, 2.45) is 28.6 Å². The minimum atomic E-state index is -0.0649. The third-order valence-electron chi connectivity index (χ3n) is 10.3. The Hall–Kier alpha value is -0.420. The number of rotatable bonds is 7. The number of fused-ring (bicyclic) bond motifs is 5. The van der Waals surface area contributed by atoms with E-state index < -0.39 is 0 Å². The standard InChI is InChI=1S/C27H45NO3/c1-26-11-9-21(31-18-17-30-16-15-28-13-3-4-14-28)19-20(26)5-6-22-23-7-8-25(29)27(23,2)12-10-24(22)26/h19,21-25,29H,3-18H2,1-2H3. The number of nitrogens with zero attached hydrogens (tertiary/aromatic N) is 1. The Labute approximate surface area is 189 Å². The van der Waals surface area contributed by atoms with Crippen LogP contribution < -0.4 is 0 Å². The van der Waals surface area contributed by atoms with Crippen LogP contribution in [-0.2, 0) is 9.47 Å². The fourth-order valence-corrected chi connectivity index (χ4v) is 8.36. The SMILES string of the molecule is CC12CCC(OCCOCCN3CCCC3)C=C1CCC1C2CCC2(C)C(O)CCC12. The molecule has 3 saturated carbocycles. The van der Waals surface area contributed by atoms with Crippen molar-refractivity contribution in [1.29, 1.82) is 0 Å². The van der Waals surface area contributed by atoms with Gasteiger partial charge in [-0.25, -0.2) is 0 Å². The van der Waals surface area contributed by atoms with Crippen molar-refractivity contribution in [3.05, 3.63) is 11.6 Å². The van der Waals surface area contributed by atoms with Gasteiger partial charge in [0.15, 0.2) is 0 Å². The molecule has 0 radical (unpaired) electrons. The third-order valence-corrected chi connectivity index (χ3v) is 10.3. The quantitative estimate of drug-likeness (QED) is 0.464. The first-order valence-corrected chi connectivity index (χ1v) is 13.3. The summed E-state index contributed by atoms with van der Waals surface area (Å²) < 4.78 is 12.1. The van der Waals surface area contributed by atoms with Crippen LogP contribution >= 0.6 is 0 Å². The van der Waals surface area contributed by atoms with Gasteiger partial charge in [-0.05, 0) is 106 Å². The van der Waals surface area contributed by atoms with E-state index in [-0.39, 0.29) is 17.6 Å². The number of hydrogen-bond acceptors (Lipinski definition) is 4. The van der Waals surface area contributed by atoms with Gasteiger partial charge in [-0.3, -0.25) is 0 Å². The van der Waals surface area contributed by atoms with E-state index in [0.29, 0.717) is 5.41 Å². The van der Waals surface area contributed by atoms with Crippen molar-refractivity contribution in [3.63, 3.8) is 0 Å². The predicted octanol–water partition coefficient (Wildman–Crippen LogP) is 4.81. The lowest BCUT2D eigenvalue weighted by molar-refractivity contribution is -0.0789. The normalized spacial score (nSPS) is 45.1. The van der Waals surface area contributed by atoms with Gasteiger partial charge in [-0.2, -0.15) is 0 Å². The van der Waals surface area contributed by atoms with Gasteiger partial charge in [0.1, 0.15) is 0 Å². The fraction of sp³-hybridized carbons (Fsp3) is 0.926. The van der Waals surface area contributed by atoms with Gasteiger partial charge in [0, 0.05) is 6.54 Å². The largest absolute Gasteiger partial charge is 0.393 e. The summed E-state index contributed by atoms with van der Waals surface area (Å²) in [5.41, 5.74) is 2.24. The zero-order chi connectivity index (χ0) is 21.5. The Bertz CT molecular complexity index is 659. The van der Waals surface area contributed by atoms with Crippen molar-refractivity contribution in [2.75, 3.05) is 39.5 Å². The Morgan fingerprint density at radius 2 is 1.81 bits per heavy atom. The Morgan fingerprint density at radius 1 is 0.968 bits per heavy atom. The molecule has 0 aromatic carbocycles. The maximum absolute atomic E-state index is 10.7. The zero-order valence-corrected chi connectivity index (χ0v) is 20.0. The van der Waals surface area contributed by atoms with E-state index in [4.69, 9.17) is 9.47 Å². The number of likely N-dealkylation sites (tertiary alicyclic amines) is 1. The molecular weight excluding hydrogens is 386 g/mol. The lowest BCUT2D eigenvalue weighted by atomic mass is 9.47. The molecule has 1 saturated heterocycles. The van der Waals surface area contributed by atoms with Gasteiger partial charge in [0.25, 0.3) is 0 Å². The lowest BCUT2D eigenvalue weighted by Crippen LogP contribution is -2.51. The monoisotopic (exact) mass is 431 g/mol. The first kappa shape index (κ1) is 22.4. The van der Waals surface area contributed by atoms with Gasteiger partial charge in [0.05, 0.1) is 32.0 Å². The van der Waals surface area contributed by atoms with Gasteiger partial charge in [0.2, 0.25) is 0 Å². The summed E-state index contributed by atoms with van der Waals surface area (Å²) in [4.78, 5) is 2.50. The van der Waals surface area contributed by atoms with E-state index in [2.05, 4.69) is 24.8 Å². The first-order chi connectivity index (χ1) is 15.0. The van der Waals surface area contributed by atoms with Crippen LogP contribution in [0.5, 0.6) is 0 Å². The van der Waals surface area contributed by atoms with Crippen LogP contribution in [0, 0.1) is 28.6 Å². The molecule has 0 spiro atoms. The van der Waals surface area contributed by atoms with Crippen LogP contribution in [0.3, 0.4) is 0 Å². The summed E-state index contributed by atoms with van der Waals surface area (Å²) in [7, 11) is 0. The molecule has 5 aliphatic rings. The van der Waals surface area contributed by atoms with E-state index in [0.717, 1.165) is 57.0 Å². The van der Waals surface area contributed by atoms with Gasteiger partial charge in [-0.15, -0.1) is 0 Å². The third kappa shape index (κ3) is 4.16. The zero-order valence-electron chi connectivity index (χ0n) is 20.0. The molecule has 0 amide bonds. The summed E-state index contributed by atoms with van der Waals surface area (Å²) in [6.45, 7) is 10.8. The minimum Gasteiger partial charge on any atom is -0.393 e. The van der Waals surface area contributed by atoms with E-state index in [1.807, 2.05) is 0 Å². The van der Waals surface area contributed by atoms with E-state index >= 15 is 0 Å². The number of aliphatic hydroxyl groups excluding tert-OH is 1. The Morgan fingerprint density at radius 3 is 2.65 bits per heavy atom. The van der Waals surface area contributed by atoms with Crippen LogP contribution in [0.25, 0.3) is 0 Å². The molecule has 1 heterocycles. The highest BCUT2D eigenvalue weighted by Gasteiger charge is 2.58. The molecule has 1 N–H and O–H groups in total. The van der Waals surface area contributed by atoms with E-state index in [9.17, 15) is 5.11 Å². The highest BCUT2D eigenvalue weighted by molar-refractivity contribution is 5.25. The topological polar surface area (TPSA) is 41.9 Å². The molecule has 31 heavy (non-hydrogen) atoms. The van der Waals surface area contributed by atoms with Crippen LogP contribution in [-0.4, -0.2) is 61.7 Å². The van der Waals surface area contributed by atoms with Crippen molar-refractivity contribution in [1.82, 2.24) is 4.90 Å². The highest BCUT2D eigenvalue weighted by Crippen LogP contribution is 2.65. The molecule has 0 bridgehead atoms. The molecule has 4 nitrogen and oxygen atoms in total. The molecular formula is C27H45NO3. The van der Waals surface area contributed by atoms with Gasteiger partial charge < -0.3 is 19.5 Å². The maximum Gasteiger partial charge on any atom is 0.0760 e. The van der Waals surface area contributed by atoms with Gasteiger partial charge >= 0.3 is 0 Å². The Kier molecular flexibility index (Phi) is 6.56. The molecule has 0 aromatic heterocycles. The Balaban J connectivity index is 1.12. The predicted molar refractivity (Wildman–Crippen MR) is 124 cm³/mol. The fourth-order valence-electron chi connectivity index (χ4n) is 8.36. The van der Waals surface area contributed by atoms with Crippen LogP contribution in [0.4, 0.5) is 0 Å². The molecule has 7 atom stereocenters. The lowest BCUT2D eigenvalue weighted by Gasteiger charge is -2.58. The molecule has 5 rings (SSSR count). The second kappa shape index (κ2) is 9.08. The first-order valence-electron chi connectivity index (χ1n) is 13.3. The van der Waals surface area contributed by atoms with Crippen LogP contribution in [0.2, 0.25) is 0 Å². The average Bonchev–Trinajstić information content (AvgIpc) is 3.38. The summed E-state index contributed by atoms with van der Waals surface area (Å²) in [5, 5.41) is 10.7. The number of allylic oxidation sites excluding steroid dienone is 1. The summed E-state index contributed by atoms with van der Waals surface area (Å²) in [6, 6.07) is 0. The maximum atomic E-state index is 10.7. The summed E-state index contributed by atoms with van der Waals surface area (Å²) >= 11 is 0. The number of ether oxygens (including phenoxy) is 2. The molecule has 4 heteroatoms. The second-order valence-electron chi connectivity index (χ2n) is 11.8. The van der Waals surface area contributed by atoms with Gasteiger partial charge in [-0.1, -0.05) is 25.5 Å².